The minimum atomic E-state index is -0.829. The zero-order valence-electron chi connectivity index (χ0n) is 8.45. The van der Waals surface area contributed by atoms with Gasteiger partial charge in [-0.1, -0.05) is 29.3 Å². The predicted octanol–water partition coefficient (Wildman–Crippen LogP) is 1.96. The van der Waals surface area contributed by atoms with Crippen LogP contribution in [0.5, 0.6) is 0 Å². The normalized spacial score (nSPS) is 12.2. The van der Waals surface area contributed by atoms with Crippen LogP contribution in [-0.4, -0.2) is 18.7 Å². The molecule has 4 N–H and O–H groups in total. The molecule has 16 heavy (non-hydrogen) atoms. The van der Waals surface area contributed by atoms with Crippen LogP contribution < -0.4 is 11.5 Å². The van der Waals surface area contributed by atoms with Crippen LogP contribution >= 0.6 is 23.2 Å². The number of ether oxygens (including phenoxy) is 1. The minimum Gasteiger partial charge on any atom is -0.448 e. The summed E-state index contributed by atoms with van der Waals surface area (Å²) >= 11 is 11.6. The van der Waals surface area contributed by atoms with Crippen molar-refractivity contribution in [2.24, 2.45) is 11.5 Å². The smallest absolute Gasteiger partial charge is 0.404 e. The second kappa shape index (κ2) is 5.94. The van der Waals surface area contributed by atoms with E-state index < -0.39 is 6.09 Å². The highest BCUT2D eigenvalue weighted by atomic mass is 35.5. The van der Waals surface area contributed by atoms with Gasteiger partial charge in [-0.15, -0.1) is 0 Å². The molecule has 0 spiro atoms. The van der Waals surface area contributed by atoms with E-state index in [1.165, 1.54) is 0 Å². The van der Waals surface area contributed by atoms with Gasteiger partial charge in [-0.05, 0) is 24.1 Å². The molecular formula is C10H12Cl2N2O2. The molecule has 0 aliphatic carbocycles. The van der Waals surface area contributed by atoms with Crippen LogP contribution in [-0.2, 0) is 11.2 Å². The van der Waals surface area contributed by atoms with Gasteiger partial charge in [0.15, 0.2) is 0 Å². The molecule has 0 fully saturated rings. The SMILES string of the molecule is NC(=O)OCC(N)Cc1ccc(Cl)c(Cl)c1. The van der Waals surface area contributed by atoms with E-state index in [1.807, 2.05) is 6.07 Å². The molecule has 0 heterocycles. The fourth-order valence-electron chi connectivity index (χ4n) is 1.22. The van der Waals surface area contributed by atoms with E-state index in [4.69, 9.17) is 34.7 Å². The molecule has 0 radical (unpaired) electrons. The summed E-state index contributed by atoms with van der Waals surface area (Å²) in [5.74, 6) is 0. The summed E-state index contributed by atoms with van der Waals surface area (Å²) in [6.07, 6.45) is -0.297. The zero-order chi connectivity index (χ0) is 12.1. The lowest BCUT2D eigenvalue weighted by atomic mass is 10.1. The summed E-state index contributed by atoms with van der Waals surface area (Å²) in [4.78, 5) is 10.4. The molecule has 6 heteroatoms. The van der Waals surface area contributed by atoms with Crippen molar-refractivity contribution in [3.8, 4) is 0 Å². The first kappa shape index (κ1) is 13.1. The Hall–Kier alpha value is -0.970. The molecule has 0 saturated carbocycles. The lowest BCUT2D eigenvalue weighted by Crippen LogP contribution is -2.31. The molecule has 0 aromatic heterocycles. The monoisotopic (exact) mass is 262 g/mol. The van der Waals surface area contributed by atoms with Gasteiger partial charge >= 0.3 is 6.09 Å². The molecule has 1 unspecified atom stereocenters. The van der Waals surface area contributed by atoms with E-state index in [0.29, 0.717) is 16.5 Å². The third-order valence-electron chi connectivity index (χ3n) is 1.92. The van der Waals surface area contributed by atoms with Gasteiger partial charge in [0, 0.05) is 6.04 Å². The molecule has 4 nitrogen and oxygen atoms in total. The number of benzene rings is 1. The minimum absolute atomic E-state index is 0.0789. The molecule has 1 aromatic carbocycles. The molecule has 88 valence electrons. The Labute approximate surface area is 103 Å². The van der Waals surface area contributed by atoms with Gasteiger partial charge in [0.2, 0.25) is 0 Å². The molecule has 1 amide bonds. The lowest BCUT2D eigenvalue weighted by molar-refractivity contribution is 0.149. The predicted molar refractivity (Wildman–Crippen MR) is 63.7 cm³/mol. The highest BCUT2D eigenvalue weighted by molar-refractivity contribution is 6.42. The number of hydrogen-bond donors (Lipinski definition) is 2. The number of primary amides is 1. The van der Waals surface area contributed by atoms with Gasteiger partial charge in [0.1, 0.15) is 6.61 Å². The summed E-state index contributed by atoms with van der Waals surface area (Å²) in [5, 5.41) is 0.967. The Morgan fingerprint density at radius 2 is 2.06 bits per heavy atom. The Bertz CT molecular complexity index is 385. The standard InChI is InChI=1S/C10H12Cl2N2O2/c11-8-2-1-6(4-9(8)12)3-7(13)5-16-10(14)15/h1-2,4,7H,3,5,13H2,(H2,14,15). The summed E-state index contributed by atoms with van der Waals surface area (Å²) in [7, 11) is 0. The summed E-state index contributed by atoms with van der Waals surface area (Å²) < 4.78 is 4.58. The van der Waals surface area contributed by atoms with Gasteiger partial charge in [-0.2, -0.15) is 0 Å². The van der Waals surface area contributed by atoms with Crippen LogP contribution in [0.4, 0.5) is 4.79 Å². The number of carbonyl (C=O) groups excluding carboxylic acids is 1. The second-order valence-electron chi connectivity index (χ2n) is 3.34. The quantitative estimate of drug-likeness (QED) is 0.871. The van der Waals surface area contributed by atoms with Crippen molar-refractivity contribution in [2.75, 3.05) is 6.61 Å². The average Bonchev–Trinajstić information content (AvgIpc) is 2.21. The first-order chi connectivity index (χ1) is 7.49. The van der Waals surface area contributed by atoms with Crippen molar-refractivity contribution < 1.29 is 9.53 Å². The fourth-order valence-corrected chi connectivity index (χ4v) is 1.54. The molecule has 1 aromatic rings. The molecule has 1 atom stereocenters. The summed E-state index contributed by atoms with van der Waals surface area (Å²) in [5.41, 5.74) is 11.5. The maximum absolute atomic E-state index is 10.4. The fraction of sp³-hybridized carbons (Fsp3) is 0.300. The topological polar surface area (TPSA) is 78.3 Å². The first-order valence-corrected chi connectivity index (χ1v) is 5.36. The summed E-state index contributed by atoms with van der Waals surface area (Å²) in [6, 6.07) is 4.93. The van der Waals surface area contributed by atoms with E-state index in [1.54, 1.807) is 12.1 Å². The third kappa shape index (κ3) is 4.26. The first-order valence-electron chi connectivity index (χ1n) is 4.60. The Balaban J connectivity index is 2.52. The number of rotatable bonds is 4. The second-order valence-corrected chi connectivity index (χ2v) is 4.16. The van der Waals surface area contributed by atoms with E-state index in [-0.39, 0.29) is 12.6 Å². The molecule has 1 rings (SSSR count). The van der Waals surface area contributed by atoms with Gasteiger partial charge in [0.05, 0.1) is 10.0 Å². The molecular weight excluding hydrogens is 251 g/mol. The third-order valence-corrected chi connectivity index (χ3v) is 2.66. The summed E-state index contributed by atoms with van der Waals surface area (Å²) in [6.45, 7) is 0.0789. The van der Waals surface area contributed by atoms with Crippen LogP contribution in [0, 0.1) is 0 Å². The van der Waals surface area contributed by atoms with E-state index in [2.05, 4.69) is 4.74 Å². The van der Waals surface area contributed by atoms with Crippen LogP contribution in [0.2, 0.25) is 10.0 Å². The maximum atomic E-state index is 10.4. The Morgan fingerprint density at radius 3 is 2.62 bits per heavy atom. The van der Waals surface area contributed by atoms with Gasteiger partial charge in [-0.25, -0.2) is 4.79 Å². The van der Waals surface area contributed by atoms with Gasteiger partial charge in [-0.3, -0.25) is 0 Å². The van der Waals surface area contributed by atoms with Crippen molar-refractivity contribution in [3.63, 3.8) is 0 Å². The number of hydrogen-bond acceptors (Lipinski definition) is 3. The van der Waals surface area contributed by atoms with Gasteiger partial charge < -0.3 is 16.2 Å². The van der Waals surface area contributed by atoms with Crippen LogP contribution in [0.25, 0.3) is 0 Å². The van der Waals surface area contributed by atoms with Crippen LogP contribution in [0.15, 0.2) is 18.2 Å². The lowest BCUT2D eigenvalue weighted by Gasteiger charge is -2.11. The van der Waals surface area contributed by atoms with Crippen molar-refractivity contribution in [3.05, 3.63) is 33.8 Å². The molecule has 0 bridgehead atoms. The van der Waals surface area contributed by atoms with Crippen molar-refractivity contribution in [2.45, 2.75) is 12.5 Å². The maximum Gasteiger partial charge on any atom is 0.404 e. The van der Waals surface area contributed by atoms with Gasteiger partial charge in [0.25, 0.3) is 0 Å². The largest absolute Gasteiger partial charge is 0.448 e. The number of amides is 1. The molecule has 0 saturated heterocycles. The average molecular weight is 263 g/mol. The van der Waals surface area contributed by atoms with E-state index in [9.17, 15) is 4.79 Å². The number of carbonyl (C=O) groups is 1. The van der Waals surface area contributed by atoms with Crippen molar-refractivity contribution in [1.29, 1.82) is 0 Å². The van der Waals surface area contributed by atoms with E-state index >= 15 is 0 Å². The van der Waals surface area contributed by atoms with Crippen LogP contribution in [0.3, 0.4) is 0 Å². The van der Waals surface area contributed by atoms with Crippen molar-refractivity contribution >= 4 is 29.3 Å². The Morgan fingerprint density at radius 1 is 1.38 bits per heavy atom. The van der Waals surface area contributed by atoms with Crippen molar-refractivity contribution in [1.82, 2.24) is 0 Å². The highest BCUT2D eigenvalue weighted by Gasteiger charge is 2.07. The zero-order valence-corrected chi connectivity index (χ0v) is 9.96. The molecule has 0 aliphatic heterocycles. The van der Waals surface area contributed by atoms with E-state index in [0.717, 1.165) is 5.56 Å². The van der Waals surface area contributed by atoms with Crippen LogP contribution in [0.1, 0.15) is 5.56 Å². The number of nitrogens with two attached hydrogens (primary N) is 2. The Kier molecular flexibility index (Phi) is 4.86. The molecule has 0 aliphatic rings. The number of halogens is 2. The highest BCUT2D eigenvalue weighted by Crippen LogP contribution is 2.22.